The molecule has 0 N–H and O–H groups in total. The summed E-state index contributed by atoms with van der Waals surface area (Å²) >= 11 is 0. The van der Waals surface area contributed by atoms with Crippen LogP contribution in [0.5, 0.6) is 0 Å². The van der Waals surface area contributed by atoms with Crippen molar-refractivity contribution >= 4 is 11.0 Å². The maximum atomic E-state index is 4.62. The van der Waals surface area contributed by atoms with Crippen LogP contribution >= 0.6 is 0 Å². The van der Waals surface area contributed by atoms with Gasteiger partial charge in [0.25, 0.3) is 0 Å². The first-order chi connectivity index (χ1) is 6.36. The number of imidazole rings is 1. The van der Waals surface area contributed by atoms with Crippen molar-refractivity contribution in [3.8, 4) is 0 Å². The van der Waals surface area contributed by atoms with E-state index in [2.05, 4.69) is 34.7 Å². The van der Waals surface area contributed by atoms with Crippen LogP contribution in [0, 0.1) is 6.92 Å². The van der Waals surface area contributed by atoms with Gasteiger partial charge in [-0.25, -0.2) is 4.98 Å². The maximum Gasteiger partial charge on any atom is 0.109 e. The fourth-order valence-electron chi connectivity index (χ4n) is 2.24. The van der Waals surface area contributed by atoms with Crippen molar-refractivity contribution in [1.82, 2.24) is 9.55 Å². The summed E-state index contributed by atoms with van der Waals surface area (Å²) in [6.07, 6.45) is 2.40. The van der Waals surface area contributed by atoms with E-state index in [1.807, 2.05) is 0 Å². The number of aromatic nitrogens is 2. The molecule has 0 saturated carbocycles. The van der Waals surface area contributed by atoms with Crippen LogP contribution in [0.25, 0.3) is 11.0 Å². The summed E-state index contributed by atoms with van der Waals surface area (Å²) in [6.45, 7) is 3.31. The van der Waals surface area contributed by atoms with Gasteiger partial charge in [-0.3, -0.25) is 0 Å². The molecule has 0 amide bonds. The highest BCUT2D eigenvalue weighted by atomic mass is 15.1. The molecule has 2 heterocycles. The van der Waals surface area contributed by atoms with Gasteiger partial charge in [-0.05, 0) is 25.0 Å². The van der Waals surface area contributed by atoms with Crippen LogP contribution in [-0.4, -0.2) is 9.55 Å². The number of hydrogen-bond donors (Lipinski definition) is 0. The van der Waals surface area contributed by atoms with E-state index in [4.69, 9.17) is 0 Å². The van der Waals surface area contributed by atoms with Crippen molar-refractivity contribution in [2.45, 2.75) is 26.3 Å². The summed E-state index contributed by atoms with van der Waals surface area (Å²) < 4.78 is 2.37. The second-order valence-corrected chi connectivity index (χ2v) is 3.73. The van der Waals surface area contributed by atoms with Crippen molar-refractivity contribution in [1.29, 1.82) is 0 Å². The van der Waals surface area contributed by atoms with Crippen molar-refractivity contribution < 1.29 is 0 Å². The molecule has 3 rings (SSSR count). The standard InChI is InChI=1S/C11H12N2/c1-8-4-2-5-9-11(8)13-7-3-6-10(13)12-9/h2,4-5H,3,6-7H2,1H3. The Balaban J connectivity index is 2.46. The van der Waals surface area contributed by atoms with Gasteiger partial charge in [0.2, 0.25) is 0 Å². The minimum Gasteiger partial charge on any atom is -0.328 e. The number of para-hydroxylation sites is 1. The first-order valence-corrected chi connectivity index (χ1v) is 4.81. The lowest BCUT2D eigenvalue weighted by atomic mass is 10.2. The Morgan fingerprint density at radius 2 is 2.31 bits per heavy atom. The number of benzene rings is 1. The van der Waals surface area contributed by atoms with E-state index < -0.39 is 0 Å². The maximum absolute atomic E-state index is 4.62. The van der Waals surface area contributed by atoms with Crippen LogP contribution in [0.2, 0.25) is 0 Å². The molecule has 0 bridgehead atoms. The Labute approximate surface area is 77.2 Å². The topological polar surface area (TPSA) is 17.8 Å². The summed E-state index contributed by atoms with van der Waals surface area (Å²) in [4.78, 5) is 4.62. The zero-order chi connectivity index (χ0) is 8.84. The van der Waals surface area contributed by atoms with Crippen molar-refractivity contribution in [2.75, 3.05) is 0 Å². The SMILES string of the molecule is Cc1cccc2nc3n(c12)CCC3. The van der Waals surface area contributed by atoms with E-state index in [1.54, 1.807) is 0 Å². The molecule has 2 aromatic rings. The van der Waals surface area contributed by atoms with E-state index in [0.29, 0.717) is 0 Å². The van der Waals surface area contributed by atoms with Gasteiger partial charge in [0, 0.05) is 13.0 Å². The molecule has 1 aliphatic heterocycles. The van der Waals surface area contributed by atoms with Crippen LogP contribution in [-0.2, 0) is 13.0 Å². The van der Waals surface area contributed by atoms with Gasteiger partial charge < -0.3 is 4.57 Å². The lowest BCUT2D eigenvalue weighted by Gasteiger charge is -2.00. The zero-order valence-electron chi connectivity index (χ0n) is 7.75. The van der Waals surface area contributed by atoms with Crippen LogP contribution < -0.4 is 0 Å². The number of aryl methyl sites for hydroxylation is 3. The average Bonchev–Trinajstić information content (AvgIpc) is 2.62. The van der Waals surface area contributed by atoms with Gasteiger partial charge in [0.15, 0.2) is 0 Å². The third-order valence-electron chi connectivity index (χ3n) is 2.83. The summed E-state index contributed by atoms with van der Waals surface area (Å²) in [5.41, 5.74) is 3.85. The fourth-order valence-corrected chi connectivity index (χ4v) is 2.24. The molecular weight excluding hydrogens is 160 g/mol. The first-order valence-electron chi connectivity index (χ1n) is 4.81. The highest BCUT2D eigenvalue weighted by molar-refractivity contribution is 5.79. The second-order valence-electron chi connectivity index (χ2n) is 3.73. The van der Waals surface area contributed by atoms with Gasteiger partial charge in [0.05, 0.1) is 11.0 Å². The molecule has 0 saturated heterocycles. The molecule has 2 nitrogen and oxygen atoms in total. The second kappa shape index (κ2) is 2.34. The summed E-state index contributed by atoms with van der Waals surface area (Å²) in [7, 11) is 0. The normalized spacial score (nSPS) is 15.2. The summed E-state index contributed by atoms with van der Waals surface area (Å²) in [5, 5.41) is 0. The largest absolute Gasteiger partial charge is 0.328 e. The quantitative estimate of drug-likeness (QED) is 0.596. The molecule has 0 radical (unpaired) electrons. The van der Waals surface area contributed by atoms with E-state index in [-0.39, 0.29) is 0 Å². The number of rotatable bonds is 0. The van der Waals surface area contributed by atoms with Crippen molar-refractivity contribution in [2.24, 2.45) is 0 Å². The Morgan fingerprint density at radius 3 is 3.23 bits per heavy atom. The van der Waals surface area contributed by atoms with E-state index in [1.165, 1.54) is 23.3 Å². The molecule has 1 aromatic heterocycles. The Bertz CT molecular complexity index is 468. The van der Waals surface area contributed by atoms with Gasteiger partial charge >= 0.3 is 0 Å². The first kappa shape index (κ1) is 7.13. The van der Waals surface area contributed by atoms with Crippen LogP contribution in [0.3, 0.4) is 0 Å². The number of fused-ring (bicyclic) bond motifs is 3. The smallest absolute Gasteiger partial charge is 0.109 e. The molecule has 0 atom stereocenters. The van der Waals surface area contributed by atoms with Crippen LogP contribution in [0.4, 0.5) is 0 Å². The summed E-state index contributed by atoms with van der Waals surface area (Å²) in [6, 6.07) is 6.35. The molecule has 13 heavy (non-hydrogen) atoms. The molecule has 1 aromatic carbocycles. The molecule has 0 fully saturated rings. The fraction of sp³-hybridized carbons (Fsp3) is 0.364. The Morgan fingerprint density at radius 1 is 1.38 bits per heavy atom. The van der Waals surface area contributed by atoms with Gasteiger partial charge in [-0.1, -0.05) is 12.1 Å². The lowest BCUT2D eigenvalue weighted by Crippen LogP contribution is -1.92. The van der Waals surface area contributed by atoms with Crippen LogP contribution in [0.1, 0.15) is 17.8 Å². The minimum atomic E-state index is 1.15. The van der Waals surface area contributed by atoms with Crippen molar-refractivity contribution in [3.05, 3.63) is 29.6 Å². The predicted molar refractivity (Wildman–Crippen MR) is 52.8 cm³/mol. The monoisotopic (exact) mass is 172 g/mol. The molecular formula is C11H12N2. The molecule has 2 heteroatoms. The zero-order valence-corrected chi connectivity index (χ0v) is 7.75. The van der Waals surface area contributed by atoms with E-state index >= 15 is 0 Å². The lowest BCUT2D eigenvalue weighted by molar-refractivity contribution is 0.770. The van der Waals surface area contributed by atoms with Crippen molar-refractivity contribution in [3.63, 3.8) is 0 Å². The Kier molecular flexibility index (Phi) is 1.29. The highest BCUT2D eigenvalue weighted by Gasteiger charge is 2.16. The molecule has 1 aliphatic rings. The Hall–Kier alpha value is -1.31. The average molecular weight is 172 g/mol. The van der Waals surface area contributed by atoms with Crippen LogP contribution in [0.15, 0.2) is 18.2 Å². The third-order valence-corrected chi connectivity index (χ3v) is 2.83. The minimum absolute atomic E-state index is 1.15. The number of nitrogens with zero attached hydrogens (tertiary/aromatic N) is 2. The highest BCUT2D eigenvalue weighted by Crippen LogP contribution is 2.24. The molecule has 0 aliphatic carbocycles. The van der Waals surface area contributed by atoms with E-state index in [9.17, 15) is 0 Å². The van der Waals surface area contributed by atoms with Gasteiger partial charge in [0.1, 0.15) is 5.82 Å². The van der Waals surface area contributed by atoms with Gasteiger partial charge in [-0.15, -0.1) is 0 Å². The summed E-state index contributed by atoms with van der Waals surface area (Å²) in [5.74, 6) is 1.27. The van der Waals surface area contributed by atoms with E-state index in [0.717, 1.165) is 18.5 Å². The predicted octanol–water partition coefficient (Wildman–Crippen LogP) is 2.29. The molecule has 0 spiro atoms. The molecule has 66 valence electrons. The third kappa shape index (κ3) is 0.857. The van der Waals surface area contributed by atoms with Gasteiger partial charge in [-0.2, -0.15) is 0 Å². The molecule has 0 unspecified atom stereocenters. The number of hydrogen-bond acceptors (Lipinski definition) is 1.